The van der Waals surface area contributed by atoms with Gasteiger partial charge in [0.1, 0.15) is 5.82 Å². The molecule has 0 unspecified atom stereocenters. The molecule has 0 bridgehead atoms. The molecule has 0 saturated carbocycles. The van der Waals surface area contributed by atoms with Crippen LogP contribution < -0.4 is 11.1 Å². The molecule has 0 fully saturated rings. The van der Waals surface area contributed by atoms with Gasteiger partial charge in [0.05, 0.1) is 11.3 Å². The minimum absolute atomic E-state index is 0.109. The Kier molecular flexibility index (Phi) is 5.10. The maximum Gasteiger partial charge on any atom is 0.338 e. The lowest BCUT2D eigenvalue weighted by molar-refractivity contribution is -0.124. The van der Waals surface area contributed by atoms with Gasteiger partial charge < -0.3 is 15.8 Å². The van der Waals surface area contributed by atoms with Gasteiger partial charge in [-0.15, -0.1) is 0 Å². The average Bonchev–Trinajstić information content (AvgIpc) is 2.36. The fourth-order valence-corrected chi connectivity index (χ4v) is 1.20. The Morgan fingerprint density at radius 2 is 2.17 bits per heavy atom. The molecule has 3 N–H and O–H groups in total. The number of rotatable bonds is 5. The van der Waals surface area contributed by atoms with Crippen LogP contribution in [-0.4, -0.2) is 25.0 Å². The molecule has 0 aliphatic rings. The zero-order chi connectivity index (χ0) is 13.5. The summed E-state index contributed by atoms with van der Waals surface area (Å²) in [7, 11) is 0. The third kappa shape index (κ3) is 4.04. The highest BCUT2D eigenvalue weighted by Crippen LogP contribution is 2.12. The van der Waals surface area contributed by atoms with Crippen molar-refractivity contribution in [2.24, 2.45) is 0 Å². The monoisotopic (exact) mass is 254 g/mol. The fraction of sp³-hybridized carbons (Fsp3) is 0.333. The van der Waals surface area contributed by atoms with Crippen molar-refractivity contribution in [3.63, 3.8) is 0 Å². The zero-order valence-electron chi connectivity index (χ0n) is 10.0. The molecule has 6 heteroatoms. The van der Waals surface area contributed by atoms with Crippen LogP contribution in [0.2, 0.25) is 0 Å². The Morgan fingerprint density at radius 3 is 2.78 bits per heavy atom. The maximum atomic E-state index is 12.9. The molecule has 0 aliphatic heterocycles. The van der Waals surface area contributed by atoms with Gasteiger partial charge in [-0.1, -0.05) is 6.92 Å². The van der Waals surface area contributed by atoms with Crippen LogP contribution in [0.25, 0.3) is 0 Å². The van der Waals surface area contributed by atoms with E-state index in [1.807, 2.05) is 6.92 Å². The fourth-order valence-electron chi connectivity index (χ4n) is 1.20. The number of hydrogen-bond acceptors (Lipinski definition) is 4. The molecular formula is C12H15FN2O3. The summed E-state index contributed by atoms with van der Waals surface area (Å²) in [6.07, 6.45) is 0.800. The van der Waals surface area contributed by atoms with Crippen molar-refractivity contribution in [1.29, 1.82) is 0 Å². The number of halogens is 1. The highest BCUT2D eigenvalue weighted by Gasteiger charge is 2.11. The van der Waals surface area contributed by atoms with Crippen LogP contribution in [0.5, 0.6) is 0 Å². The SMILES string of the molecule is CCCNC(=O)COC(=O)c1ccc(F)c(N)c1. The van der Waals surface area contributed by atoms with Crippen molar-refractivity contribution in [2.45, 2.75) is 13.3 Å². The number of nitrogens with two attached hydrogens (primary N) is 1. The predicted octanol–water partition coefficient (Wildman–Crippen LogP) is 1.09. The van der Waals surface area contributed by atoms with Crippen LogP contribution in [0.3, 0.4) is 0 Å². The van der Waals surface area contributed by atoms with E-state index in [0.29, 0.717) is 6.54 Å². The van der Waals surface area contributed by atoms with Crippen molar-refractivity contribution in [3.05, 3.63) is 29.6 Å². The Balaban J connectivity index is 2.50. The van der Waals surface area contributed by atoms with Gasteiger partial charge in [-0.2, -0.15) is 0 Å². The standard InChI is InChI=1S/C12H15FN2O3/c1-2-5-15-11(16)7-18-12(17)8-3-4-9(13)10(14)6-8/h3-4,6H,2,5,7,14H2,1H3,(H,15,16). The second kappa shape index (κ2) is 6.58. The summed E-state index contributed by atoms with van der Waals surface area (Å²) in [6, 6.07) is 3.49. The lowest BCUT2D eigenvalue weighted by Crippen LogP contribution is -2.29. The lowest BCUT2D eigenvalue weighted by Gasteiger charge is -2.06. The minimum atomic E-state index is -0.714. The summed E-state index contributed by atoms with van der Waals surface area (Å²) in [6.45, 7) is 2.07. The average molecular weight is 254 g/mol. The summed E-state index contributed by atoms with van der Waals surface area (Å²) < 4.78 is 17.6. The van der Waals surface area contributed by atoms with E-state index in [1.54, 1.807) is 0 Å². The van der Waals surface area contributed by atoms with Gasteiger partial charge in [-0.25, -0.2) is 9.18 Å². The molecule has 0 aliphatic carbocycles. The van der Waals surface area contributed by atoms with Crippen LogP contribution >= 0.6 is 0 Å². The van der Waals surface area contributed by atoms with E-state index in [1.165, 1.54) is 12.1 Å². The lowest BCUT2D eigenvalue weighted by atomic mass is 10.2. The minimum Gasteiger partial charge on any atom is -0.452 e. The summed E-state index contributed by atoms with van der Waals surface area (Å²) in [5.74, 6) is -1.69. The van der Waals surface area contributed by atoms with Crippen molar-refractivity contribution in [2.75, 3.05) is 18.9 Å². The third-order valence-electron chi connectivity index (χ3n) is 2.14. The van der Waals surface area contributed by atoms with Gasteiger partial charge in [-0.05, 0) is 24.6 Å². The number of benzene rings is 1. The molecular weight excluding hydrogens is 239 g/mol. The molecule has 1 aromatic rings. The Bertz CT molecular complexity index is 449. The summed E-state index contributed by atoms with van der Waals surface area (Å²) in [5.41, 5.74) is 5.29. The molecule has 0 spiro atoms. The van der Waals surface area contributed by atoms with Crippen molar-refractivity contribution < 1.29 is 18.7 Å². The Hall–Kier alpha value is -2.11. The summed E-state index contributed by atoms with van der Waals surface area (Å²) in [4.78, 5) is 22.7. The second-order valence-electron chi connectivity index (χ2n) is 3.66. The normalized spacial score (nSPS) is 9.89. The number of nitrogen functional groups attached to an aromatic ring is 1. The number of carbonyl (C=O) groups excluding carboxylic acids is 2. The molecule has 0 aromatic heterocycles. The number of esters is 1. The molecule has 0 radical (unpaired) electrons. The smallest absolute Gasteiger partial charge is 0.338 e. The van der Waals surface area contributed by atoms with Crippen LogP contribution in [0.1, 0.15) is 23.7 Å². The highest BCUT2D eigenvalue weighted by atomic mass is 19.1. The quantitative estimate of drug-likeness (QED) is 0.608. The van der Waals surface area contributed by atoms with E-state index in [4.69, 9.17) is 10.5 Å². The van der Waals surface area contributed by atoms with Crippen LogP contribution in [0.4, 0.5) is 10.1 Å². The van der Waals surface area contributed by atoms with Gasteiger partial charge in [0.2, 0.25) is 0 Å². The Morgan fingerprint density at radius 1 is 1.44 bits per heavy atom. The molecule has 1 aromatic carbocycles. The van der Waals surface area contributed by atoms with Gasteiger partial charge in [0.15, 0.2) is 6.61 Å². The van der Waals surface area contributed by atoms with E-state index in [-0.39, 0.29) is 23.8 Å². The topological polar surface area (TPSA) is 81.4 Å². The number of amides is 1. The second-order valence-corrected chi connectivity index (χ2v) is 3.66. The van der Waals surface area contributed by atoms with Gasteiger partial charge in [0, 0.05) is 6.54 Å². The maximum absolute atomic E-state index is 12.9. The molecule has 18 heavy (non-hydrogen) atoms. The van der Waals surface area contributed by atoms with Crippen LogP contribution in [0.15, 0.2) is 18.2 Å². The number of carbonyl (C=O) groups is 2. The number of ether oxygens (including phenoxy) is 1. The number of anilines is 1. The predicted molar refractivity (Wildman–Crippen MR) is 64.4 cm³/mol. The Labute approximate surface area is 104 Å². The molecule has 0 atom stereocenters. The van der Waals surface area contributed by atoms with E-state index >= 15 is 0 Å². The molecule has 5 nitrogen and oxygen atoms in total. The first kappa shape index (κ1) is 14.0. The number of hydrogen-bond donors (Lipinski definition) is 2. The largest absolute Gasteiger partial charge is 0.452 e. The van der Waals surface area contributed by atoms with E-state index in [2.05, 4.69) is 5.32 Å². The zero-order valence-corrected chi connectivity index (χ0v) is 10.0. The van der Waals surface area contributed by atoms with Crippen molar-refractivity contribution >= 4 is 17.6 Å². The van der Waals surface area contributed by atoms with Gasteiger partial charge >= 0.3 is 5.97 Å². The summed E-state index contributed by atoms with van der Waals surface area (Å²) >= 11 is 0. The molecule has 98 valence electrons. The van der Waals surface area contributed by atoms with Gasteiger partial charge in [0.25, 0.3) is 5.91 Å². The number of nitrogens with one attached hydrogen (secondary N) is 1. The van der Waals surface area contributed by atoms with E-state index < -0.39 is 11.8 Å². The van der Waals surface area contributed by atoms with Crippen molar-refractivity contribution in [1.82, 2.24) is 5.32 Å². The van der Waals surface area contributed by atoms with E-state index in [9.17, 15) is 14.0 Å². The summed E-state index contributed by atoms with van der Waals surface area (Å²) in [5, 5.41) is 2.56. The van der Waals surface area contributed by atoms with Crippen molar-refractivity contribution in [3.8, 4) is 0 Å². The van der Waals surface area contributed by atoms with Crippen LogP contribution in [-0.2, 0) is 9.53 Å². The van der Waals surface area contributed by atoms with Crippen LogP contribution in [0, 0.1) is 5.82 Å². The first-order valence-electron chi connectivity index (χ1n) is 5.53. The third-order valence-corrected chi connectivity index (χ3v) is 2.14. The first-order valence-corrected chi connectivity index (χ1v) is 5.53. The van der Waals surface area contributed by atoms with E-state index in [0.717, 1.165) is 12.5 Å². The van der Waals surface area contributed by atoms with Gasteiger partial charge in [-0.3, -0.25) is 4.79 Å². The highest BCUT2D eigenvalue weighted by molar-refractivity contribution is 5.92. The molecule has 0 heterocycles. The first-order chi connectivity index (χ1) is 8.54. The molecule has 1 rings (SSSR count). The molecule has 1 amide bonds. The molecule has 0 saturated heterocycles.